The zero-order valence-electron chi connectivity index (χ0n) is 14.9. The lowest BCUT2D eigenvalue weighted by Gasteiger charge is -2.11. The van der Waals surface area contributed by atoms with Crippen LogP contribution in [0, 0.1) is 0 Å². The fourth-order valence-corrected chi connectivity index (χ4v) is 2.24. The molecule has 2 aromatic rings. The van der Waals surface area contributed by atoms with Crippen LogP contribution in [-0.4, -0.2) is 37.5 Å². The van der Waals surface area contributed by atoms with Crippen LogP contribution in [0.25, 0.3) is 0 Å². The summed E-state index contributed by atoms with van der Waals surface area (Å²) >= 11 is 0. The molecule has 0 heterocycles. The fraction of sp³-hybridized carbons (Fsp3) is 0.211. The lowest BCUT2D eigenvalue weighted by Crippen LogP contribution is -2.23. The topological polar surface area (TPSA) is 93.7 Å². The van der Waals surface area contributed by atoms with Crippen LogP contribution in [0.5, 0.6) is 5.75 Å². The lowest BCUT2D eigenvalue weighted by atomic mass is 10.2. The van der Waals surface area contributed by atoms with Gasteiger partial charge in [0.05, 0.1) is 0 Å². The molecule has 2 rings (SSSR count). The molecule has 0 aliphatic rings. The minimum atomic E-state index is -3.10. The second kappa shape index (κ2) is 10.0. The van der Waals surface area contributed by atoms with E-state index in [-0.39, 0.29) is 17.2 Å². The Kier molecular flexibility index (Phi) is 7.44. The molecule has 2 aromatic carbocycles. The average molecular weight is 392 g/mol. The number of amides is 2. The van der Waals surface area contributed by atoms with Gasteiger partial charge in [-0.3, -0.25) is 9.59 Å². The van der Waals surface area contributed by atoms with E-state index in [2.05, 4.69) is 15.4 Å². The molecule has 0 aromatic heterocycles. The average Bonchev–Trinajstić information content (AvgIpc) is 2.66. The molecule has 0 unspecified atom stereocenters. The number of rotatable bonds is 8. The van der Waals surface area contributed by atoms with Crippen LogP contribution in [0.4, 0.5) is 14.5 Å². The van der Waals surface area contributed by atoms with Gasteiger partial charge in [-0.2, -0.15) is 8.78 Å². The first-order valence-corrected chi connectivity index (χ1v) is 8.29. The highest BCUT2D eigenvalue weighted by atomic mass is 19.3. The highest BCUT2D eigenvalue weighted by Crippen LogP contribution is 2.21. The normalized spacial score (nSPS) is 10.3. The minimum absolute atomic E-state index is 0.228. The highest BCUT2D eigenvalue weighted by Gasteiger charge is 2.17. The minimum Gasteiger partial charge on any atom is -0.452 e. The van der Waals surface area contributed by atoms with Crippen LogP contribution < -0.4 is 15.4 Å². The molecule has 0 aliphatic carbocycles. The maximum Gasteiger partial charge on any atom is 0.387 e. The predicted molar refractivity (Wildman–Crippen MR) is 96.4 cm³/mol. The monoisotopic (exact) mass is 392 g/mol. The van der Waals surface area contributed by atoms with Crippen molar-refractivity contribution in [2.24, 2.45) is 0 Å². The number of esters is 1. The van der Waals surface area contributed by atoms with Gasteiger partial charge in [-0.15, -0.1) is 0 Å². The number of carbonyl (C=O) groups excluding carboxylic acids is 3. The number of alkyl halides is 2. The van der Waals surface area contributed by atoms with Gasteiger partial charge < -0.3 is 20.1 Å². The number of benzene rings is 2. The van der Waals surface area contributed by atoms with Gasteiger partial charge in [0.25, 0.3) is 11.8 Å². The second-order valence-electron chi connectivity index (χ2n) is 5.44. The Morgan fingerprint density at radius 2 is 1.82 bits per heavy atom. The van der Waals surface area contributed by atoms with E-state index < -0.39 is 25.1 Å². The lowest BCUT2D eigenvalue weighted by molar-refractivity contribution is -0.119. The first kappa shape index (κ1) is 20.8. The molecule has 2 N–H and O–H groups in total. The van der Waals surface area contributed by atoms with Crippen molar-refractivity contribution in [1.29, 1.82) is 0 Å². The summed E-state index contributed by atoms with van der Waals surface area (Å²) in [5.41, 5.74) is 0.467. The number of para-hydroxylation sites is 1. The smallest absolute Gasteiger partial charge is 0.387 e. The number of halogens is 2. The molecule has 0 spiro atoms. The van der Waals surface area contributed by atoms with Crippen molar-refractivity contribution < 1.29 is 32.6 Å². The number of nitrogens with one attached hydrogen (secondary N) is 2. The number of anilines is 1. The van der Waals surface area contributed by atoms with Crippen molar-refractivity contribution >= 4 is 23.5 Å². The van der Waals surface area contributed by atoms with Gasteiger partial charge in [0.15, 0.2) is 6.61 Å². The second-order valence-corrected chi connectivity index (χ2v) is 5.44. The van der Waals surface area contributed by atoms with Crippen LogP contribution in [0.3, 0.4) is 0 Å². The summed E-state index contributed by atoms with van der Waals surface area (Å²) in [6, 6.07) is 11.5. The number of ether oxygens (including phenoxy) is 2. The molecular weight excluding hydrogens is 374 g/mol. The summed E-state index contributed by atoms with van der Waals surface area (Å²) in [6.07, 6.45) is 0. The standard InChI is InChI=1S/C19H18F2N2O5/c1-2-22-17(25)12-6-5-7-13(10-12)23-16(24)11-27-18(26)14-8-3-4-9-15(14)28-19(20)21/h3-10,19H,2,11H2,1H3,(H,22,25)(H,23,24). The van der Waals surface area contributed by atoms with Crippen LogP contribution in [-0.2, 0) is 9.53 Å². The SMILES string of the molecule is CCNC(=O)c1cccc(NC(=O)COC(=O)c2ccccc2OC(F)F)c1. The van der Waals surface area contributed by atoms with E-state index in [4.69, 9.17) is 4.74 Å². The molecule has 0 aliphatic heterocycles. The number of hydrogen-bond donors (Lipinski definition) is 2. The van der Waals surface area contributed by atoms with Gasteiger partial charge in [0.1, 0.15) is 11.3 Å². The van der Waals surface area contributed by atoms with Crippen molar-refractivity contribution in [3.05, 3.63) is 59.7 Å². The van der Waals surface area contributed by atoms with Crippen LogP contribution in [0.2, 0.25) is 0 Å². The summed E-state index contributed by atoms with van der Waals surface area (Å²) in [5, 5.41) is 5.12. The molecule has 0 saturated carbocycles. The van der Waals surface area contributed by atoms with E-state index in [1.165, 1.54) is 30.3 Å². The van der Waals surface area contributed by atoms with Crippen LogP contribution >= 0.6 is 0 Å². The van der Waals surface area contributed by atoms with Gasteiger partial charge in [-0.1, -0.05) is 18.2 Å². The third kappa shape index (κ3) is 6.04. The van der Waals surface area contributed by atoms with E-state index in [0.717, 1.165) is 0 Å². The largest absolute Gasteiger partial charge is 0.452 e. The van der Waals surface area contributed by atoms with Crippen LogP contribution in [0.15, 0.2) is 48.5 Å². The maximum absolute atomic E-state index is 12.4. The summed E-state index contributed by atoms with van der Waals surface area (Å²) in [7, 11) is 0. The van der Waals surface area contributed by atoms with E-state index >= 15 is 0 Å². The Hall–Kier alpha value is -3.49. The molecule has 148 valence electrons. The Labute approximate surface area is 159 Å². The molecule has 2 amide bonds. The first-order chi connectivity index (χ1) is 13.4. The van der Waals surface area contributed by atoms with E-state index in [1.807, 2.05) is 0 Å². The summed E-state index contributed by atoms with van der Waals surface area (Å²) in [6.45, 7) is -1.51. The van der Waals surface area contributed by atoms with E-state index in [9.17, 15) is 23.2 Å². The van der Waals surface area contributed by atoms with E-state index in [1.54, 1.807) is 25.1 Å². The van der Waals surface area contributed by atoms with Crippen molar-refractivity contribution in [2.45, 2.75) is 13.5 Å². The Bertz CT molecular complexity index is 858. The first-order valence-electron chi connectivity index (χ1n) is 8.29. The zero-order chi connectivity index (χ0) is 20.5. The predicted octanol–water partition coefficient (Wildman–Crippen LogP) is 2.83. The Morgan fingerprint density at radius 3 is 2.54 bits per heavy atom. The van der Waals surface area contributed by atoms with Crippen molar-refractivity contribution in [2.75, 3.05) is 18.5 Å². The Balaban J connectivity index is 1.95. The summed E-state index contributed by atoms with van der Waals surface area (Å²) in [4.78, 5) is 35.8. The van der Waals surface area contributed by atoms with Crippen LogP contribution in [0.1, 0.15) is 27.6 Å². The number of hydrogen-bond acceptors (Lipinski definition) is 5. The van der Waals surface area contributed by atoms with Crippen molar-refractivity contribution in [3.8, 4) is 5.75 Å². The fourth-order valence-electron chi connectivity index (χ4n) is 2.24. The van der Waals surface area contributed by atoms with Gasteiger partial charge in [-0.25, -0.2) is 4.79 Å². The van der Waals surface area contributed by atoms with Gasteiger partial charge in [0.2, 0.25) is 0 Å². The maximum atomic E-state index is 12.4. The summed E-state index contributed by atoms with van der Waals surface area (Å²) in [5.74, 6) is -2.28. The van der Waals surface area contributed by atoms with Crippen molar-refractivity contribution in [3.63, 3.8) is 0 Å². The van der Waals surface area contributed by atoms with Gasteiger partial charge >= 0.3 is 12.6 Å². The summed E-state index contributed by atoms with van der Waals surface area (Å²) < 4.78 is 33.9. The molecule has 0 saturated heterocycles. The third-order valence-corrected chi connectivity index (χ3v) is 3.40. The van der Waals surface area contributed by atoms with Gasteiger partial charge in [0, 0.05) is 17.8 Å². The van der Waals surface area contributed by atoms with Crippen molar-refractivity contribution in [1.82, 2.24) is 5.32 Å². The molecule has 0 radical (unpaired) electrons. The quantitative estimate of drug-likeness (QED) is 0.674. The third-order valence-electron chi connectivity index (χ3n) is 3.40. The van der Waals surface area contributed by atoms with E-state index in [0.29, 0.717) is 17.8 Å². The molecule has 9 heteroatoms. The molecular formula is C19H18F2N2O5. The molecule has 0 fully saturated rings. The molecule has 0 bridgehead atoms. The Morgan fingerprint density at radius 1 is 1.07 bits per heavy atom. The molecule has 0 atom stereocenters. The molecule has 28 heavy (non-hydrogen) atoms. The van der Waals surface area contributed by atoms with Gasteiger partial charge in [-0.05, 0) is 37.3 Å². The number of carbonyl (C=O) groups is 3. The highest BCUT2D eigenvalue weighted by molar-refractivity contribution is 5.98. The molecule has 7 nitrogen and oxygen atoms in total. The zero-order valence-corrected chi connectivity index (χ0v) is 14.9.